The Labute approximate surface area is 158 Å². The Hall–Kier alpha value is -3.10. The van der Waals surface area contributed by atoms with E-state index in [1.807, 2.05) is 30.3 Å². The maximum absolute atomic E-state index is 12.4. The average Bonchev–Trinajstić information content (AvgIpc) is 2.58. The molecule has 2 amide bonds. The maximum Gasteiger partial charge on any atom is 0.408 e. The van der Waals surface area contributed by atoms with Crippen LogP contribution in [0.3, 0.4) is 0 Å². The highest BCUT2D eigenvalue weighted by molar-refractivity contribution is 6.34. The number of benzene rings is 1. The molecule has 0 fully saturated rings. The van der Waals surface area contributed by atoms with Crippen molar-refractivity contribution in [2.75, 3.05) is 6.61 Å². The zero-order valence-corrected chi connectivity index (χ0v) is 15.9. The second-order valence-corrected chi connectivity index (χ2v) is 6.58. The summed E-state index contributed by atoms with van der Waals surface area (Å²) >= 11 is 0. The van der Waals surface area contributed by atoms with Crippen LogP contribution in [0.15, 0.2) is 35.4 Å². The number of nitrogens with two attached hydrogens (primary N) is 1. The summed E-state index contributed by atoms with van der Waals surface area (Å²) in [6.45, 7) is 6.87. The molecule has 148 valence electrons. The first kappa shape index (κ1) is 21.9. The molecule has 0 aromatic heterocycles. The number of hydrogen-bond donors (Lipinski definition) is 3. The molecule has 0 saturated heterocycles. The molecule has 9 heteroatoms. The van der Waals surface area contributed by atoms with Crippen molar-refractivity contribution in [2.45, 2.75) is 45.8 Å². The second kappa shape index (κ2) is 10.1. The topological polar surface area (TPSA) is 132 Å². The number of hydrazone groups is 1. The Morgan fingerprint density at radius 2 is 1.81 bits per heavy atom. The summed E-state index contributed by atoms with van der Waals surface area (Å²) in [5, 5.41) is 6.02. The minimum absolute atomic E-state index is 0.125. The SMILES string of the molecule is CCOC(=O)/C(N)=N\NC(=O)[C@H](Cc1ccccc1)NC(=O)OC(C)(C)C. The van der Waals surface area contributed by atoms with Gasteiger partial charge in [0.25, 0.3) is 5.91 Å². The monoisotopic (exact) mass is 378 g/mol. The molecule has 0 spiro atoms. The molecular weight excluding hydrogens is 352 g/mol. The Balaban J connectivity index is 2.85. The van der Waals surface area contributed by atoms with Crippen LogP contribution in [0.5, 0.6) is 0 Å². The van der Waals surface area contributed by atoms with Crippen molar-refractivity contribution in [3.63, 3.8) is 0 Å². The van der Waals surface area contributed by atoms with Gasteiger partial charge in [0.05, 0.1) is 6.61 Å². The lowest BCUT2D eigenvalue weighted by Gasteiger charge is -2.23. The summed E-state index contributed by atoms with van der Waals surface area (Å²) < 4.78 is 9.86. The molecule has 1 atom stereocenters. The lowest BCUT2D eigenvalue weighted by Crippen LogP contribution is -2.48. The number of hydrogen-bond acceptors (Lipinski definition) is 6. The molecule has 1 aromatic carbocycles. The van der Waals surface area contributed by atoms with Gasteiger partial charge in [-0.05, 0) is 33.3 Å². The number of esters is 1. The third kappa shape index (κ3) is 8.70. The van der Waals surface area contributed by atoms with E-state index in [1.165, 1.54) is 0 Å². The first-order valence-corrected chi connectivity index (χ1v) is 8.46. The van der Waals surface area contributed by atoms with E-state index < -0.39 is 35.4 Å². The number of carbonyl (C=O) groups is 3. The fourth-order valence-electron chi connectivity index (χ4n) is 1.95. The van der Waals surface area contributed by atoms with Crippen molar-refractivity contribution in [3.05, 3.63) is 35.9 Å². The molecule has 0 aliphatic rings. The summed E-state index contributed by atoms with van der Waals surface area (Å²) in [5.41, 5.74) is 7.70. The predicted molar refractivity (Wildman–Crippen MR) is 99.7 cm³/mol. The van der Waals surface area contributed by atoms with Gasteiger partial charge in [-0.3, -0.25) is 4.79 Å². The quantitative estimate of drug-likeness (QED) is 0.294. The predicted octanol–water partition coefficient (Wildman–Crippen LogP) is 1.07. The molecule has 9 nitrogen and oxygen atoms in total. The van der Waals surface area contributed by atoms with Crippen LogP contribution in [0.2, 0.25) is 0 Å². The number of nitrogens with one attached hydrogen (secondary N) is 2. The molecule has 0 aliphatic heterocycles. The first-order chi connectivity index (χ1) is 12.6. The number of rotatable bonds is 6. The van der Waals surface area contributed by atoms with E-state index in [2.05, 4.69) is 20.6 Å². The fourth-order valence-corrected chi connectivity index (χ4v) is 1.95. The molecule has 0 heterocycles. The maximum atomic E-state index is 12.4. The summed E-state index contributed by atoms with van der Waals surface area (Å²) in [6.07, 6.45) is -0.554. The van der Waals surface area contributed by atoms with E-state index in [4.69, 9.17) is 10.5 Å². The summed E-state index contributed by atoms with van der Waals surface area (Å²) in [6, 6.07) is 8.11. The third-order valence-electron chi connectivity index (χ3n) is 3.06. The lowest BCUT2D eigenvalue weighted by molar-refractivity contribution is -0.135. The van der Waals surface area contributed by atoms with E-state index in [9.17, 15) is 14.4 Å². The van der Waals surface area contributed by atoms with Crippen LogP contribution in [0.4, 0.5) is 4.79 Å². The number of amides is 2. The average molecular weight is 378 g/mol. The van der Waals surface area contributed by atoms with Crippen molar-refractivity contribution in [1.82, 2.24) is 10.7 Å². The van der Waals surface area contributed by atoms with Crippen molar-refractivity contribution >= 4 is 23.8 Å². The number of carbonyl (C=O) groups excluding carboxylic acids is 3. The second-order valence-electron chi connectivity index (χ2n) is 6.58. The minimum Gasteiger partial charge on any atom is -0.460 e. The van der Waals surface area contributed by atoms with Crippen LogP contribution in [0, 0.1) is 0 Å². The van der Waals surface area contributed by atoms with Crippen molar-refractivity contribution in [2.24, 2.45) is 10.8 Å². The first-order valence-electron chi connectivity index (χ1n) is 8.46. The van der Waals surface area contributed by atoms with E-state index in [0.29, 0.717) is 0 Å². The zero-order chi connectivity index (χ0) is 20.4. The normalized spacial score (nSPS) is 12.7. The fraction of sp³-hybridized carbons (Fsp3) is 0.444. The molecule has 0 unspecified atom stereocenters. The van der Waals surface area contributed by atoms with Gasteiger partial charge in [-0.25, -0.2) is 15.0 Å². The van der Waals surface area contributed by atoms with Crippen molar-refractivity contribution in [1.29, 1.82) is 0 Å². The van der Waals surface area contributed by atoms with Crippen LogP contribution >= 0.6 is 0 Å². The summed E-state index contributed by atoms with van der Waals surface area (Å²) in [4.78, 5) is 35.9. The molecule has 1 rings (SSSR count). The van der Waals surface area contributed by atoms with Gasteiger partial charge in [0, 0.05) is 6.42 Å². The molecule has 27 heavy (non-hydrogen) atoms. The van der Waals surface area contributed by atoms with Crippen LogP contribution in [-0.2, 0) is 25.5 Å². The van der Waals surface area contributed by atoms with Gasteiger partial charge in [-0.1, -0.05) is 30.3 Å². The molecule has 4 N–H and O–H groups in total. The molecular formula is C18H26N4O5. The van der Waals surface area contributed by atoms with E-state index >= 15 is 0 Å². The molecule has 0 aliphatic carbocycles. The lowest BCUT2D eigenvalue weighted by atomic mass is 10.1. The van der Waals surface area contributed by atoms with Crippen LogP contribution < -0.4 is 16.5 Å². The van der Waals surface area contributed by atoms with Gasteiger partial charge in [0.15, 0.2) is 0 Å². The largest absolute Gasteiger partial charge is 0.460 e. The van der Waals surface area contributed by atoms with Gasteiger partial charge in [0.1, 0.15) is 11.6 Å². The van der Waals surface area contributed by atoms with Gasteiger partial charge in [0.2, 0.25) is 5.84 Å². The summed E-state index contributed by atoms with van der Waals surface area (Å²) in [5.74, 6) is -2.00. The van der Waals surface area contributed by atoms with Crippen LogP contribution in [-0.4, -0.2) is 42.1 Å². The van der Waals surface area contributed by atoms with Gasteiger partial charge in [-0.2, -0.15) is 0 Å². The summed E-state index contributed by atoms with van der Waals surface area (Å²) in [7, 11) is 0. The Bertz CT molecular complexity index is 683. The Morgan fingerprint density at radius 1 is 1.19 bits per heavy atom. The van der Waals surface area contributed by atoms with Crippen LogP contribution in [0.25, 0.3) is 0 Å². The smallest absolute Gasteiger partial charge is 0.408 e. The van der Waals surface area contributed by atoms with E-state index in [1.54, 1.807) is 27.7 Å². The molecule has 0 bridgehead atoms. The Kier molecular flexibility index (Phi) is 8.25. The highest BCUT2D eigenvalue weighted by Gasteiger charge is 2.25. The minimum atomic E-state index is -0.985. The molecule has 0 saturated carbocycles. The number of nitrogens with zero attached hydrogens (tertiary/aromatic N) is 1. The number of amidine groups is 1. The number of ether oxygens (including phenoxy) is 2. The van der Waals surface area contributed by atoms with Crippen molar-refractivity contribution < 1.29 is 23.9 Å². The molecule has 0 radical (unpaired) electrons. The van der Waals surface area contributed by atoms with Gasteiger partial charge in [-0.15, -0.1) is 5.10 Å². The highest BCUT2D eigenvalue weighted by Crippen LogP contribution is 2.08. The number of alkyl carbamates (subject to hydrolysis) is 1. The van der Waals surface area contributed by atoms with E-state index in [-0.39, 0.29) is 13.0 Å². The van der Waals surface area contributed by atoms with Crippen molar-refractivity contribution in [3.8, 4) is 0 Å². The van der Waals surface area contributed by atoms with Gasteiger partial charge >= 0.3 is 12.1 Å². The molecule has 1 aromatic rings. The van der Waals surface area contributed by atoms with Crippen LogP contribution in [0.1, 0.15) is 33.3 Å². The van der Waals surface area contributed by atoms with E-state index in [0.717, 1.165) is 5.56 Å². The Morgan fingerprint density at radius 3 is 2.37 bits per heavy atom. The highest BCUT2D eigenvalue weighted by atomic mass is 16.6. The van der Waals surface area contributed by atoms with Gasteiger partial charge < -0.3 is 20.5 Å². The standard InChI is InChI=1S/C18H26N4O5/c1-5-26-16(24)14(19)21-22-15(23)13(11-12-9-7-6-8-10-12)20-17(25)27-18(2,3)4/h6-10,13H,5,11H2,1-4H3,(H2,19,21)(H,20,25)(H,22,23)/t13-/m0/s1. The zero-order valence-electron chi connectivity index (χ0n) is 15.9. The third-order valence-corrected chi connectivity index (χ3v) is 3.06.